The van der Waals surface area contributed by atoms with Gasteiger partial charge in [-0.3, -0.25) is 9.48 Å². The second-order valence-electron chi connectivity index (χ2n) is 6.47. The molecule has 1 aromatic heterocycles. The first-order valence-electron chi connectivity index (χ1n) is 8.51. The number of carbonyl (C=O) groups excluding carboxylic acids is 1. The first kappa shape index (κ1) is 15.8. The maximum atomic E-state index is 12.2. The molecule has 0 fully saturated rings. The summed E-state index contributed by atoms with van der Waals surface area (Å²) >= 11 is 0. The third kappa shape index (κ3) is 3.81. The minimum absolute atomic E-state index is 0.0567. The predicted octanol–water partition coefficient (Wildman–Crippen LogP) is 3.11. The Labute approximate surface area is 137 Å². The molecule has 1 aliphatic carbocycles. The van der Waals surface area contributed by atoms with Gasteiger partial charge < -0.3 is 5.32 Å². The van der Waals surface area contributed by atoms with E-state index in [4.69, 9.17) is 0 Å². The van der Waals surface area contributed by atoms with Crippen molar-refractivity contribution >= 4 is 5.91 Å². The van der Waals surface area contributed by atoms with Gasteiger partial charge in [-0.05, 0) is 61.8 Å². The second-order valence-corrected chi connectivity index (χ2v) is 6.47. The van der Waals surface area contributed by atoms with Gasteiger partial charge in [0.25, 0.3) is 0 Å². The molecular weight excluding hydrogens is 286 g/mol. The average molecular weight is 311 g/mol. The Morgan fingerprint density at radius 1 is 1.26 bits per heavy atom. The quantitative estimate of drug-likeness (QED) is 0.922. The number of hydrogen-bond donors (Lipinski definition) is 1. The lowest BCUT2D eigenvalue weighted by Gasteiger charge is -2.20. The number of nitrogens with zero attached hydrogens (tertiary/aromatic N) is 2. The number of rotatable bonds is 5. The summed E-state index contributed by atoms with van der Waals surface area (Å²) in [6.07, 6.45) is 7.93. The van der Waals surface area contributed by atoms with Crippen molar-refractivity contribution in [1.82, 2.24) is 15.1 Å². The molecule has 0 bridgehead atoms. The zero-order valence-corrected chi connectivity index (χ0v) is 14.0. The van der Waals surface area contributed by atoms with Gasteiger partial charge in [0, 0.05) is 25.4 Å². The minimum Gasteiger partial charge on any atom is -0.350 e. The summed E-state index contributed by atoms with van der Waals surface area (Å²) < 4.78 is 1.82. The molecular formula is C19H25N3O. The van der Waals surface area contributed by atoms with Gasteiger partial charge in [0.1, 0.15) is 0 Å². The molecule has 1 aromatic carbocycles. The molecule has 23 heavy (non-hydrogen) atoms. The highest BCUT2D eigenvalue weighted by Crippen LogP contribution is 2.24. The summed E-state index contributed by atoms with van der Waals surface area (Å²) in [4.78, 5) is 12.2. The van der Waals surface area contributed by atoms with Crippen molar-refractivity contribution in [3.05, 3.63) is 52.8 Å². The highest BCUT2D eigenvalue weighted by atomic mass is 16.1. The van der Waals surface area contributed by atoms with Crippen LogP contribution in [0.3, 0.4) is 0 Å². The fraction of sp³-hybridized carbons (Fsp3) is 0.474. The lowest BCUT2D eigenvalue weighted by molar-refractivity contribution is -0.121. The molecule has 1 heterocycles. The van der Waals surface area contributed by atoms with Crippen LogP contribution in [0.5, 0.6) is 0 Å². The molecule has 122 valence electrons. The average Bonchev–Trinajstić information content (AvgIpc) is 2.97. The Bertz CT molecular complexity index is 690. The third-order valence-corrected chi connectivity index (χ3v) is 4.78. The van der Waals surface area contributed by atoms with Crippen LogP contribution in [-0.4, -0.2) is 15.7 Å². The van der Waals surface area contributed by atoms with Gasteiger partial charge in [0.2, 0.25) is 5.91 Å². The standard InChI is InChI=1S/C19H25N3O/c1-14(16-8-7-15-5-3-4-6-17(15)13-16)21-19(23)10-9-18-11-12-20-22(18)2/h7-8,11-14H,3-6,9-10H2,1-2H3,(H,21,23)/t14-/m0/s1. The number of amides is 1. The van der Waals surface area contributed by atoms with Crippen molar-refractivity contribution in [2.45, 2.75) is 51.5 Å². The van der Waals surface area contributed by atoms with E-state index in [1.165, 1.54) is 42.4 Å². The van der Waals surface area contributed by atoms with Crippen LogP contribution in [0, 0.1) is 0 Å². The van der Waals surface area contributed by atoms with E-state index in [1.807, 2.05) is 17.8 Å². The first-order chi connectivity index (χ1) is 11.1. The molecule has 2 aromatic rings. The SMILES string of the molecule is C[C@H](NC(=O)CCc1ccnn1C)c1ccc2c(c1)CCCC2. The topological polar surface area (TPSA) is 46.9 Å². The smallest absolute Gasteiger partial charge is 0.220 e. The molecule has 1 aliphatic rings. The van der Waals surface area contributed by atoms with Crippen molar-refractivity contribution in [2.75, 3.05) is 0 Å². The zero-order valence-electron chi connectivity index (χ0n) is 14.0. The van der Waals surface area contributed by atoms with Gasteiger partial charge in [0.15, 0.2) is 0 Å². The summed E-state index contributed by atoms with van der Waals surface area (Å²) in [5.41, 5.74) is 5.24. The van der Waals surface area contributed by atoms with Crippen LogP contribution in [0.1, 0.15) is 54.6 Å². The van der Waals surface area contributed by atoms with Gasteiger partial charge in [-0.15, -0.1) is 0 Å². The Hall–Kier alpha value is -2.10. The molecule has 0 saturated carbocycles. The molecule has 0 spiro atoms. The molecule has 1 amide bonds. The molecule has 0 unspecified atom stereocenters. The second kappa shape index (κ2) is 6.99. The lowest BCUT2D eigenvalue weighted by atomic mass is 9.89. The van der Waals surface area contributed by atoms with E-state index in [2.05, 4.69) is 35.5 Å². The van der Waals surface area contributed by atoms with Crippen LogP contribution < -0.4 is 5.32 Å². The Balaban J connectivity index is 1.57. The lowest BCUT2D eigenvalue weighted by Crippen LogP contribution is -2.27. The Morgan fingerprint density at radius 2 is 2.04 bits per heavy atom. The number of aryl methyl sites for hydroxylation is 4. The first-order valence-corrected chi connectivity index (χ1v) is 8.51. The monoisotopic (exact) mass is 311 g/mol. The third-order valence-electron chi connectivity index (χ3n) is 4.78. The van der Waals surface area contributed by atoms with Crippen molar-refractivity contribution in [3.8, 4) is 0 Å². The number of aromatic nitrogens is 2. The summed E-state index contributed by atoms with van der Waals surface area (Å²) in [5.74, 6) is 0.0939. The van der Waals surface area contributed by atoms with Gasteiger partial charge in [0.05, 0.1) is 6.04 Å². The maximum absolute atomic E-state index is 12.2. The molecule has 3 rings (SSSR count). The molecule has 4 nitrogen and oxygen atoms in total. The van der Waals surface area contributed by atoms with E-state index in [9.17, 15) is 4.79 Å². The van der Waals surface area contributed by atoms with Crippen LogP contribution in [0.15, 0.2) is 30.5 Å². The van der Waals surface area contributed by atoms with Crippen molar-refractivity contribution in [3.63, 3.8) is 0 Å². The number of benzene rings is 1. The highest BCUT2D eigenvalue weighted by Gasteiger charge is 2.14. The van der Waals surface area contributed by atoms with E-state index in [0.29, 0.717) is 6.42 Å². The van der Waals surface area contributed by atoms with Crippen molar-refractivity contribution in [1.29, 1.82) is 0 Å². The molecule has 0 radical (unpaired) electrons. The summed E-state index contributed by atoms with van der Waals surface area (Å²) in [7, 11) is 1.91. The Kier molecular flexibility index (Phi) is 4.79. The summed E-state index contributed by atoms with van der Waals surface area (Å²) in [6, 6.07) is 8.69. The van der Waals surface area contributed by atoms with Gasteiger partial charge in [-0.25, -0.2) is 0 Å². The zero-order chi connectivity index (χ0) is 16.2. The normalized spacial score (nSPS) is 15.0. The number of fused-ring (bicyclic) bond motifs is 1. The number of hydrogen-bond acceptors (Lipinski definition) is 2. The van der Waals surface area contributed by atoms with Gasteiger partial charge in [-0.1, -0.05) is 18.2 Å². The van der Waals surface area contributed by atoms with Crippen LogP contribution in [0.2, 0.25) is 0 Å². The minimum atomic E-state index is 0.0567. The highest BCUT2D eigenvalue weighted by molar-refractivity contribution is 5.76. The van der Waals surface area contributed by atoms with Crippen LogP contribution >= 0.6 is 0 Å². The van der Waals surface area contributed by atoms with E-state index in [1.54, 1.807) is 6.20 Å². The molecule has 1 atom stereocenters. The largest absolute Gasteiger partial charge is 0.350 e. The number of carbonyl (C=O) groups is 1. The summed E-state index contributed by atoms with van der Waals surface area (Å²) in [5, 5.41) is 7.25. The van der Waals surface area contributed by atoms with Gasteiger partial charge >= 0.3 is 0 Å². The van der Waals surface area contributed by atoms with Gasteiger partial charge in [-0.2, -0.15) is 5.10 Å². The summed E-state index contributed by atoms with van der Waals surface area (Å²) in [6.45, 7) is 2.06. The van der Waals surface area contributed by atoms with Crippen LogP contribution in [0.25, 0.3) is 0 Å². The maximum Gasteiger partial charge on any atom is 0.220 e. The van der Waals surface area contributed by atoms with Crippen LogP contribution in [-0.2, 0) is 31.1 Å². The predicted molar refractivity (Wildman–Crippen MR) is 91.2 cm³/mol. The van der Waals surface area contributed by atoms with Crippen molar-refractivity contribution < 1.29 is 4.79 Å². The molecule has 1 N–H and O–H groups in total. The Morgan fingerprint density at radius 3 is 2.78 bits per heavy atom. The van der Waals surface area contributed by atoms with Crippen molar-refractivity contribution in [2.24, 2.45) is 7.05 Å². The molecule has 0 saturated heterocycles. The van der Waals surface area contributed by atoms with E-state index >= 15 is 0 Å². The molecule has 4 heteroatoms. The molecule has 0 aliphatic heterocycles. The fourth-order valence-electron chi connectivity index (χ4n) is 3.31. The van der Waals surface area contributed by atoms with E-state index in [0.717, 1.165) is 12.1 Å². The number of nitrogens with one attached hydrogen (secondary N) is 1. The van der Waals surface area contributed by atoms with E-state index < -0.39 is 0 Å². The fourth-order valence-corrected chi connectivity index (χ4v) is 3.31. The van der Waals surface area contributed by atoms with E-state index in [-0.39, 0.29) is 11.9 Å². The van der Waals surface area contributed by atoms with Crippen LogP contribution in [0.4, 0.5) is 0 Å².